The van der Waals surface area contributed by atoms with Crippen LogP contribution in [0.2, 0.25) is 0 Å². The topological polar surface area (TPSA) is 67.3 Å². The highest BCUT2D eigenvalue weighted by molar-refractivity contribution is 5.28. The molecule has 18 heavy (non-hydrogen) atoms. The van der Waals surface area contributed by atoms with E-state index in [-0.39, 0.29) is 6.10 Å². The smallest absolute Gasteiger partial charge is 0.226 e. The fourth-order valence-corrected chi connectivity index (χ4v) is 2.19. The van der Waals surface area contributed by atoms with Gasteiger partial charge in [-0.1, -0.05) is 12.8 Å². The molecule has 0 aliphatic heterocycles. The fourth-order valence-electron chi connectivity index (χ4n) is 2.19. The van der Waals surface area contributed by atoms with E-state index in [1.54, 1.807) is 12.3 Å². The van der Waals surface area contributed by atoms with Gasteiger partial charge in [0.25, 0.3) is 0 Å². The van der Waals surface area contributed by atoms with Gasteiger partial charge in [0, 0.05) is 18.8 Å². The summed E-state index contributed by atoms with van der Waals surface area (Å²) in [5.41, 5.74) is -0.599. The van der Waals surface area contributed by atoms with Gasteiger partial charge < -0.3 is 15.2 Å². The summed E-state index contributed by atoms with van der Waals surface area (Å²) in [6, 6.07) is 1.73. The van der Waals surface area contributed by atoms with Gasteiger partial charge in [0.2, 0.25) is 11.8 Å². The van der Waals surface area contributed by atoms with E-state index < -0.39 is 5.60 Å². The first-order valence-corrected chi connectivity index (χ1v) is 6.53. The summed E-state index contributed by atoms with van der Waals surface area (Å²) in [6.45, 7) is 4.41. The van der Waals surface area contributed by atoms with Crippen LogP contribution < -0.4 is 10.1 Å². The number of rotatable bonds is 5. The summed E-state index contributed by atoms with van der Waals surface area (Å²) in [5, 5.41) is 13.3. The van der Waals surface area contributed by atoms with Crippen molar-refractivity contribution in [1.29, 1.82) is 0 Å². The minimum atomic E-state index is -0.599. The molecule has 1 aromatic heterocycles. The number of aromatic nitrogens is 2. The van der Waals surface area contributed by atoms with Crippen LogP contribution in [-0.2, 0) is 0 Å². The maximum atomic E-state index is 10.2. The Morgan fingerprint density at radius 1 is 1.44 bits per heavy atom. The molecule has 5 nitrogen and oxygen atoms in total. The average molecular weight is 251 g/mol. The van der Waals surface area contributed by atoms with E-state index in [2.05, 4.69) is 15.3 Å². The van der Waals surface area contributed by atoms with Gasteiger partial charge in [0.15, 0.2) is 0 Å². The van der Waals surface area contributed by atoms with E-state index in [4.69, 9.17) is 4.74 Å². The Morgan fingerprint density at radius 2 is 2.17 bits per heavy atom. The fraction of sp³-hybridized carbons (Fsp3) is 0.692. The van der Waals surface area contributed by atoms with Crippen molar-refractivity contribution in [2.45, 2.75) is 51.2 Å². The van der Waals surface area contributed by atoms with Crippen molar-refractivity contribution in [1.82, 2.24) is 9.97 Å². The number of hydrogen-bond donors (Lipinski definition) is 2. The minimum Gasteiger partial charge on any atom is -0.475 e. The highest BCUT2D eigenvalue weighted by Crippen LogP contribution is 2.29. The lowest BCUT2D eigenvalue weighted by molar-refractivity contribution is 0.0612. The molecule has 1 fully saturated rings. The lowest BCUT2D eigenvalue weighted by Crippen LogP contribution is -2.33. The Kier molecular flexibility index (Phi) is 4.01. The molecule has 1 aliphatic rings. The highest BCUT2D eigenvalue weighted by atomic mass is 16.5. The van der Waals surface area contributed by atoms with Crippen LogP contribution in [0.25, 0.3) is 0 Å². The third kappa shape index (κ3) is 3.57. The molecular weight excluding hydrogens is 230 g/mol. The number of hydrogen-bond acceptors (Lipinski definition) is 5. The van der Waals surface area contributed by atoms with Crippen molar-refractivity contribution in [2.75, 3.05) is 11.9 Å². The number of ether oxygens (including phenoxy) is 1. The lowest BCUT2D eigenvalue weighted by Gasteiger charge is -2.22. The quantitative estimate of drug-likeness (QED) is 0.837. The zero-order valence-corrected chi connectivity index (χ0v) is 11.0. The van der Waals surface area contributed by atoms with E-state index in [1.165, 1.54) is 0 Å². The summed E-state index contributed by atoms with van der Waals surface area (Å²) in [7, 11) is 0. The number of nitrogens with zero attached hydrogens (tertiary/aromatic N) is 2. The normalized spacial score (nSPS) is 18.0. The Bertz CT molecular complexity index is 390. The first-order chi connectivity index (χ1) is 8.57. The van der Waals surface area contributed by atoms with Crippen molar-refractivity contribution in [2.24, 2.45) is 0 Å². The van der Waals surface area contributed by atoms with Gasteiger partial charge >= 0.3 is 0 Å². The van der Waals surface area contributed by atoms with Crippen molar-refractivity contribution < 1.29 is 9.84 Å². The minimum absolute atomic E-state index is 0.0896. The molecule has 0 saturated heterocycles. The van der Waals surface area contributed by atoms with Crippen LogP contribution in [0.15, 0.2) is 12.3 Å². The summed E-state index contributed by atoms with van der Waals surface area (Å²) in [6.07, 6.45) is 5.63. The molecule has 0 unspecified atom stereocenters. The standard InChI is InChI=1S/C13H21N3O2/c1-10(2)18-11-5-8-14-12(16-11)15-9-13(17)6-3-4-7-13/h5,8,10,17H,3-4,6-7,9H2,1-2H3,(H,14,15,16). The molecule has 5 heteroatoms. The SMILES string of the molecule is CC(C)Oc1ccnc(NCC2(O)CCCC2)n1. The third-order valence-electron chi connectivity index (χ3n) is 3.10. The second-order valence-corrected chi connectivity index (χ2v) is 5.17. The first-order valence-electron chi connectivity index (χ1n) is 6.53. The second-order valence-electron chi connectivity index (χ2n) is 5.17. The predicted octanol–water partition coefficient (Wildman–Crippen LogP) is 1.98. The molecule has 2 rings (SSSR count). The molecule has 0 spiro atoms. The van der Waals surface area contributed by atoms with E-state index in [0.29, 0.717) is 18.4 Å². The molecule has 2 N–H and O–H groups in total. The van der Waals surface area contributed by atoms with Crippen LogP contribution in [0, 0.1) is 0 Å². The van der Waals surface area contributed by atoms with Crippen LogP contribution in [0.5, 0.6) is 5.88 Å². The number of nitrogens with one attached hydrogen (secondary N) is 1. The maximum absolute atomic E-state index is 10.2. The summed E-state index contributed by atoms with van der Waals surface area (Å²) in [5.74, 6) is 1.06. The Morgan fingerprint density at radius 3 is 2.83 bits per heavy atom. The van der Waals surface area contributed by atoms with Crippen molar-refractivity contribution in [3.8, 4) is 5.88 Å². The molecule has 0 radical (unpaired) electrons. The molecule has 1 aliphatic carbocycles. The lowest BCUT2D eigenvalue weighted by atomic mass is 10.0. The van der Waals surface area contributed by atoms with E-state index >= 15 is 0 Å². The summed E-state index contributed by atoms with van der Waals surface area (Å²) < 4.78 is 5.50. The van der Waals surface area contributed by atoms with Gasteiger partial charge in [-0.3, -0.25) is 0 Å². The van der Waals surface area contributed by atoms with Crippen LogP contribution in [-0.4, -0.2) is 33.3 Å². The van der Waals surface area contributed by atoms with Crippen molar-refractivity contribution in [3.05, 3.63) is 12.3 Å². The predicted molar refractivity (Wildman–Crippen MR) is 69.7 cm³/mol. The van der Waals surface area contributed by atoms with Gasteiger partial charge in [-0.05, 0) is 26.7 Å². The molecule has 1 aromatic rings. The maximum Gasteiger partial charge on any atom is 0.226 e. The van der Waals surface area contributed by atoms with Gasteiger partial charge in [0.05, 0.1) is 11.7 Å². The average Bonchev–Trinajstić information content (AvgIpc) is 2.74. The highest BCUT2D eigenvalue weighted by Gasteiger charge is 2.30. The molecule has 0 amide bonds. The van der Waals surface area contributed by atoms with Gasteiger partial charge in [-0.25, -0.2) is 4.98 Å². The molecule has 0 bridgehead atoms. The Labute approximate surface area is 108 Å². The molecule has 0 aromatic carbocycles. The Hall–Kier alpha value is -1.36. The molecule has 1 heterocycles. The Balaban J connectivity index is 1.92. The van der Waals surface area contributed by atoms with Gasteiger partial charge in [-0.2, -0.15) is 4.98 Å². The van der Waals surface area contributed by atoms with Crippen LogP contribution in [0.3, 0.4) is 0 Å². The van der Waals surface area contributed by atoms with E-state index in [0.717, 1.165) is 25.7 Å². The largest absolute Gasteiger partial charge is 0.475 e. The zero-order chi connectivity index (χ0) is 13.0. The number of aliphatic hydroxyl groups is 1. The van der Waals surface area contributed by atoms with Crippen LogP contribution in [0.1, 0.15) is 39.5 Å². The van der Waals surface area contributed by atoms with Gasteiger partial charge in [0.1, 0.15) is 0 Å². The number of anilines is 1. The monoisotopic (exact) mass is 251 g/mol. The third-order valence-corrected chi connectivity index (χ3v) is 3.10. The molecular formula is C13H21N3O2. The zero-order valence-electron chi connectivity index (χ0n) is 11.0. The van der Waals surface area contributed by atoms with Crippen molar-refractivity contribution in [3.63, 3.8) is 0 Å². The first kappa shape index (κ1) is 13.1. The summed E-state index contributed by atoms with van der Waals surface area (Å²) >= 11 is 0. The van der Waals surface area contributed by atoms with Gasteiger partial charge in [-0.15, -0.1) is 0 Å². The van der Waals surface area contributed by atoms with Crippen molar-refractivity contribution >= 4 is 5.95 Å². The molecule has 0 atom stereocenters. The van der Waals surface area contributed by atoms with Crippen LogP contribution in [0.4, 0.5) is 5.95 Å². The van der Waals surface area contributed by atoms with E-state index in [1.807, 2.05) is 13.8 Å². The second kappa shape index (κ2) is 5.52. The molecule has 100 valence electrons. The van der Waals surface area contributed by atoms with E-state index in [9.17, 15) is 5.11 Å². The molecule has 1 saturated carbocycles. The summed E-state index contributed by atoms with van der Waals surface area (Å²) in [4.78, 5) is 8.37. The van der Waals surface area contributed by atoms with Crippen LogP contribution >= 0.6 is 0 Å².